The maximum absolute atomic E-state index is 14.3. The van der Waals surface area contributed by atoms with Gasteiger partial charge in [-0.15, -0.1) is 0 Å². The van der Waals surface area contributed by atoms with Gasteiger partial charge in [-0.3, -0.25) is 9.78 Å². The van der Waals surface area contributed by atoms with Gasteiger partial charge in [0.2, 0.25) is 0 Å². The fraction of sp³-hybridized carbons (Fsp3) is 0.520. The Hall–Kier alpha value is -2.51. The number of rotatable bonds is 7. The molecule has 0 radical (unpaired) electrons. The lowest BCUT2D eigenvalue weighted by atomic mass is 9.77. The first-order valence-corrected chi connectivity index (χ1v) is 11.1. The van der Waals surface area contributed by atoms with Crippen molar-refractivity contribution >= 4 is 11.6 Å². The van der Waals surface area contributed by atoms with E-state index in [2.05, 4.69) is 10.3 Å². The molecule has 32 heavy (non-hydrogen) atoms. The third kappa shape index (κ3) is 4.64. The van der Waals surface area contributed by atoms with E-state index in [9.17, 15) is 14.3 Å². The molecule has 0 unspecified atom stereocenters. The molecule has 1 aliphatic rings. The zero-order valence-corrected chi connectivity index (χ0v) is 19.6. The monoisotopic (exact) mass is 444 g/mol. The summed E-state index contributed by atoms with van der Waals surface area (Å²) in [7, 11) is 0. The van der Waals surface area contributed by atoms with Crippen molar-refractivity contribution in [3.8, 4) is 5.75 Å². The fourth-order valence-electron chi connectivity index (χ4n) is 4.24. The molecule has 0 aliphatic carbocycles. The molecule has 0 bridgehead atoms. The number of pyridine rings is 1. The highest BCUT2D eigenvalue weighted by Gasteiger charge is 2.51. The molecule has 174 valence electrons. The number of hydrogen-bond donors (Lipinski definition) is 2. The van der Waals surface area contributed by atoms with Crippen molar-refractivity contribution in [3.05, 3.63) is 53.1 Å². The summed E-state index contributed by atoms with van der Waals surface area (Å²) < 4.78 is 26.3. The van der Waals surface area contributed by atoms with E-state index in [1.165, 1.54) is 12.3 Å². The summed E-state index contributed by atoms with van der Waals surface area (Å²) in [4.78, 5) is 17.5. The highest BCUT2D eigenvalue weighted by Crippen LogP contribution is 2.49. The van der Waals surface area contributed by atoms with E-state index in [1.807, 2.05) is 34.6 Å². The van der Waals surface area contributed by atoms with Crippen LogP contribution in [0.1, 0.15) is 69.9 Å². The molecular formula is C25H33FN2O4. The predicted molar refractivity (Wildman–Crippen MR) is 121 cm³/mol. The second-order valence-corrected chi connectivity index (χ2v) is 8.87. The van der Waals surface area contributed by atoms with Crippen LogP contribution in [0.15, 0.2) is 30.5 Å². The molecule has 2 N–H and O–H groups in total. The van der Waals surface area contributed by atoms with Gasteiger partial charge < -0.3 is 19.9 Å². The number of aliphatic hydroxyl groups excluding tert-OH is 1. The SMILES string of the molecule is CCOc1c([C@H]2[C@H](C(=O)Nc3ccc([C@@H](O)CC)nc3)OC(C)(C)[C@H]2C)ccc(F)c1C. The number of anilines is 1. The average Bonchev–Trinajstić information content (AvgIpc) is 3.01. The normalized spacial score (nSPS) is 23.1. The Kier molecular flexibility index (Phi) is 7.20. The van der Waals surface area contributed by atoms with Crippen LogP contribution in [0.4, 0.5) is 10.1 Å². The molecule has 7 heteroatoms. The van der Waals surface area contributed by atoms with E-state index in [0.29, 0.717) is 35.7 Å². The zero-order chi connectivity index (χ0) is 23.6. The van der Waals surface area contributed by atoms with Gasteiger partial charge in [0, 0.05) is 17.0 Å². The third-order valence-electron chi connectivity index (χ3n) is 6.45. The maximum atomic E-state index is 14.3. The standard InChI is InChI=1S/C25H33FN2O4/c1-7-20(29)19-12-9-16(13-27-19)28-24(30)23-21(15(4)25(5,6)32-23)17-10-11-18(26)14(3)22(17)31-8-2/h9-13,15,20-21,23,29H,7-8H2,1-6H3,(H,28,30)/t15-,20-,21-,23+/m0/s1. The average molecular weight is 445 g/mol. The molecule has 1 aromatic heterocycles. The quantitative estimate of drug-likeness (QED) is 0.634. The van der Waals surface area contributed by atoms with Gasteiger partial charge in [0.15, 0.2) is 0 Å². The van der Waals surface area contributed by atoms with Gasteiger partial charge in [-0.05, 0) is 58.2 Å². The van der Waals surface area contributed by atoms with Crippen molar-refractivity contribution in [2.75, 3.05) is 11.9 Å². The number of halogens is 1. The molecule has 1 aromatic carbocycles. The van der Waals surface area contributed by atoms with Crippen LogP contribution in [-0.2, 0) is 9.53 Å². The first kappa shape index (κ1) is 24.1. The maximum Gasteiger partial charge on any atom is 0.254 e. The van der Waals surface area contributed by atoms with E-state index in [0.717, 1.165) is 5.56 Å². The highest BCUT2D eigenvalue weighted by molar-refractivity contribution is 5.95. The number of nitrogens with one attached hydrogen (secondary N) is 1. The van der Waals surface area contributed by atoms with Crippen molar-refractivity contribution in [1.29, 1.82) is 0 Å². The number of carbonyl (C=O) groups excluding carboxylic acids is 1. The number of aliphatic hydroxyl groups is 1. The molecule has 2 aromatic rings. The van der Waals surface area contributed by atoms with Crippen molar-refractivity contribution in [2.45, 2.75) is 71.7 Å². The summed E-state index contributed by atoms with van der Waals surface area (Å²) in [6.45, 7) is 11.7. The molecule has 0 spiro atoms. The zero-order valence-electron chi connectivity index (χ0n) is 19.6. The van der Waals surface area contributed by atoms with Crippen molar-refractivity contribution < 1.29 is 23.8 Å². The second kappa shape index (κ2) is 9.55. The third-order valence-corrected chi connectivity index (χ3v) is 6.45. The largest absolute Gasteiger partial charge is 0.493 e. The van der Waals surface area contributed by atoms with Crippen LogP contribution in [0.2, 0.25) is 0 Å². The van der Waals surface area contributed by atoms with Crippen LogP contribution >= 0.6 is 0 Å². The number of ether oxygens (including phenoxy) is 2. The van der Waals surface area contributed by atoms with E-state index in [-0.39, 0.29) is 23.6 Å². The Morgan fingerprint density at radius 1 is 1.31 bits per heavy atom. The Bertz CT molecular complexity index is 961. The van der Waals surface area contributed by atoms with Crippen molar-refractivity contribution in [1.82, 2.24) is 4.98 Å². The summed E-state index contributed by atoms with van der Waals surface area (Å²) >= 11 is 0. The van der Waals surface area contributed by atoms with E-state index in [1.54, 1.807) is 25.1 Å². The van der Waals surface area contributed by atoms with E-state index < -0.39 is 17.8 Å². The Balaban J connectivity index is 1.93. The number of benzene rings is 1. The van der Waals surface area contributed by atoms with Gasteiger partial charge in [-0.2, -0.15) is 0 Å². The van der Waals surface area contributed by atoms with Gasteiger partial charge in [-0.25, -0.2) is 4.39 Å². The fourth-order valence-corrected chi connectivity index (χ4v) is 4.24. The minimum atomic E-state index is -0.787. The lowest BCUT2D eigenvalue weighted by molar-refractivity contribution is -0.131. The molecule has 3 rings (SSSR count). The molecule has 4 atom stereocenters. The molecule has 1 saturated heterocycles. The van der Waals surface area contributed by atoms with Crippen molar-refractivity contribution in [3.63, 3.8) is 0 Å². The molecule has 6 nitrogen and oxygen atoms in total. The summed E-state index contributed by atoms with van der Waals surface area (Å²) in [5.41, 5.74) is 1.70. The molecule has 1 amide bonds. The van der Waals surface area contributed by atoms with Gasteiger partial charge >= 0.3 is 0 Å². The summed E-state index contributed by atoms with van der Waals surface area (Å²) in [6.07, 6.45) is 0.661. The minimum Gasteiger partial charge on any atom is -0.493 e. The molecular weight excluding hydrogens is 411 g/mol. The number of hydrogen-bond acceptors (Lipinski definition) is 5. The van der Waals surface area contributed by atoms with Crippen LogP contribution in [0.3, 0.4) is 0 Å². The van der Waals surface area contributed by atoms with Gasteiger partial charge in [0.1, 0.15) is 17.7 Å². The van der Waals surface area contributed by atoms with Crippen LogP contribution < -0.4 is 10.1 Å². The molecule has 2 heterocycles. The smallest absolute Gasteiger partial charge is 0.254 e. The molecule has 1 fully saturated rings. The van der Waals surface area contributed by atoms with Crippen LogP contribution in [0.25, 0.3) is 0 Å². The highest BCUT2D eigenvalue weighted by atomic mass is 19.1. The van der Waals surface area contributed by atoms with Crippen LogP contribution in [-0.4, -0.2) is 34.3 Å². The predicted octanol–water partition coefficient (Wildman–Crippen LogP) is 4.91. The Morgan fingerprint density at radius 2 is 2.03 bits per heavy atom. The number of amides is 1. The minimum absolute atomic E-state index is 0.0254. The van der Waals surface area contributed by atoms with Gasteiger partial charge in [0.05, 0.1) is 35.9 Å². The lowest BCUT2D eigenvalue weighted by Crippen LogP contribution is -2.33. The topological polar surface area (TPSA) is 80.7 Å². The van der Waals surface area contributed by atoms with Crippen LogP contribution in [0.5, 0.6) is 5.75 Å². The lowest BCUT2D eigenvalue weighted by Gasteiger charge is -2.26. The van der Waals surface area contributed by atoms with E-state index >= 15 is 0 Å². The van der Waals surface area contributed by atoms with Gasteiger partial charge in [0.25, 0.3) is 5.91 Å². The summed E-state index contributed by atoms with van der Waals surface area (Å²) in [5, 5.41) is 12.8. The van der Waals surface area contributed by atoms with Gasteiger partial charge in [-0.1, -0.05) is 19.9 Å². The molecule has 0 saturated carbocycles. The number of nitrogens with zero attached hydrogens (tertiary/aromatic N) is 1. The number of carbonyl (C=O) groups is 1. The second-order valence-electron chi connectivity index (χ2n) is 8.87. The van der Waals surface area contributed by atoms with E-state index in [4.69, 9.17) is 9.47 Å². The first-order chi connectivity index (χ1) is 15.1. The first-order valence-electron chi connectivity index (χ1n) is 11.1. The molecule has 1 aliphatic heterocycles. The van der Waals surface area contributed by atoms with Crippen molar-refractivity contribution in [2.24, 2.45) is 5.92 Å². The van der Waals surface area contributed by atoms with Crippen LogP contribution in [0, 0.1) is 18.7 Å². The summed E-state index contributed by atoms with van der Waals surface area (Å²) in [6, 6.07) is 6.52. The Labute approximate surface area is 189 Å². The summed E-state index contributed by atoms with van der Waals surface area (Å²) in [5.74, 6) is -0.516. The number of aromatic nitrogens is 1. The Morgan fingerprint density at radius 3 is 2.62 bits per heavy atom.